The van der Waals surface area contributed by atoms with E-state index in [1.807, 2.05) is 6.92 Å². The summed E-state index contributed by atoms with van der Waals surface area (Å²) in [7, 11) is 0. The van der Waals surface area contributed by atoms with Crippen LogP contribution in [0.3, 0.4) is 0 Å². The van der Waals surface area contributed by atoms with Crippen LogP contribution in [0.2, 0.25) is 0 Å². The molecule has 1 aliphatic rings. The van der Waals surface area contributed by atoms with Crippen LogP contribution in [-0.2, 0) is 16.0 Å². The number of carbonyl (C=O) groups is 2. The van der Waals surface area contributed by atoms with Crippen molar-refractivity contribution in [2.45, 2.75) is 45.4 Å². The van der Waals surface area contributed by atoms with E-state index in [4.69, 9.17) is 0 Å². The van der Waals surface area contributed by atoms with Crippen LogP contribution in [-0.4, -0.2) is 27.2 Å². The van der Waals surface area contributed by atoms with Crippen molar-refractivity contribution < 1.29 is 14.7 Å². The van der Waals surface area contributed by atoms with Gasteiger partial charge in [-0.2, -0.15) is 5.10 Å². The Balaban J connectivity index is 2.03. The molecule has 0 bridgehead atoms. The maximum Gasteiger partial charge on any atom is 0.310 e. The highest BCUT2D eigenvalue weighted by atomic mass is 16.4. The van der Waals surface area contributed by atoms with Gasteiger partial charge in [0.1, 0.15) is 5.82 Å². The zero-order chi connectivity index (χ0) is 13.9. The Morgan fingerprint density at radius 2 is 2.16 bits per heavy atom. The van der Waals surface area contributed by atoms with Crippen molar-refractivity contribution in [1.29, 1.82) is 0 Å². The molecule has 0 aliphatic heterocycles. The maximum atomic E-state index is 12.0. The summed E-state index contributed by atoms with van der Waals surface area (Å²) in [5.41, 5.74) is 0.0420. The second kappa shape index (κ2) is 5.42. The summed E-state index contributed by atoms with van der Waals surface area (Å²) in [6.07, 6.45) is 5.38. The number of amides is 1. The Bertz CT molecular complexity index is 475. The fraction of sp³-hybridized carbons (Fsp3) is 0.615. The average Bonchev–Trinajstić information content (AvgIpc) is 2.98. The Hall–Kier alpha value is -1.85. The molecule has 1 aliphatic carbocycles. The van der Waals surface area contributed by atoms with Crippen molar-refractivity contribution in [3.63, 3.8) is 0 Å². The second-order valence-electron chi connectivity index (χ2n) is 5.14. The number of aryl methyl sites for hydroxylation is 1. The summed E-state index contributed by atoms with van der Waals surface area (Å²) in [6, 6.07) is 0. The number of nitrogens with zero attached hydrogens (tertiary/aromatic N) is 1. The minimum Gasteiger partial charge on any atom is -0.481 e. The molecule has 104 valence electrons. The summed E-state index contributed by atoms with van der Waals surface area (Å²) in [5.74, 6) is -0.547. The lowest BCUT2D eigenvalue weighted by Gasteiger charge is -2.22. The van der Waals surface area contributed by atoms with Gasteiger partial charge in [-0.25, -0.2) is 0 Å². The molecule has 1 amide bonds. The van der Waals surface area contributed by atoms with E-state index in [1.165, 1.54) is 0 Å². The summed E-state index contributed by atoms with van der Waals surface area (Å²) in [4.78, 5) is 23.4. The summed E-state index contributed by atoms with van der Waals surface area (Å²) in [6.45, 7) is 1.97. The van der Waals surface area contributed by atoms with Crippen molar-refractivity contribution in [2.24, 2.45) is 5.41 Å². The van der Waals surface area contributed by atoms with Crippen LogP contribution >= 0.6 is 0 Å². The van der Waals surface area contributed by atoms with Gasteiger partial charge in [0, 0.05) is 12.0 Å². The molecular formula is C13H19N3O3. The zero-order valence-electron chi connectivity index (χ0n) is 11.0. The summed E-state index contributed by atoms with van der Waals surface area (Å²) < 4.78 is 0. The van der Waals surface area contributed by atoms with Gasteiger partial charge in [-0.3, -0.25) is 14.7 Å². The molecule has 0 unspecified atom stereocenters. The maximum absolute atomic E-state index is 12.0. The number of carbonyl (C=O) groups excluding carboxylic acids is 1. The van der Waals surface area contributed by atoms with Crippen molar-refractivity contribution >= 4 is 17.7 Å². The summed E-state index contributed by atoms with van der Waals surface area (Å²) in [5, 5.41) is 18.7. The third-order valence-corrected chi connectivity index (χ3v) is 3.88. The van der Waals surface area contributed by atoms with Gasteiger partial charge in [-0.15, -0.1) is 0 Å². The van der Waals surface area contributed by atoms with Crippen molar-refractivity contribution in [2.75, 3.05) is 5.32 Å². The molecule has 19 heavy (non-hydrogen) atoms. The molecule has 1 aromatic heterocycles. The lowest BCUT2D eigenvalue weighted by atomic mass is 9.82. The Morgan fingerprint density at radius 1 is 1.47 bits per heavy atom. The largest absolute Gasteiger partial charge is 0.481 e. The Morgan fingerprint density at radius 3 is 2.74 bits per heavy atom. The SMILES string of the molecule is CCc1cn[nH]c1NC(=O)CC1(C(=O)O)CCCC1. The second-order valence-corrected chi connectivity index (χ2v) is 5.14. The number of carboxylic acid groups (broad SMARTS) is 1. The topological polar surface area (TPSA) is 95.1 Å². The first-order chi connectivity index (χ1) is 9.07. The number of hydrogen-bond acceptors (Lipinski definition) is 3. The van der Waals surface area contributed by atoms with E-state index < -0.39 is 11.4 Å². The highest BCUT2D eigenvalue weighted by Crippen LogP contribution is 2.41. The fourth-order valence-electron chi connectivity index (χ4n) is 2.70. The van der Waals surface area contributed by atoms with Crippen LogP contribution in [0.1, 0.15) is 44.6 Å². The van der Waals surface area contributed by atoms with Gasteiger partial charge in [0.05, 0.1) is 11.6 Å². The van der Waals surface area contributed by atoms with Crippen LogP contribution in [0.4, 0.5) is 5.82 Å². The van der Waals surface area contributed by atoms with Crippen molar-refractivity contribution in [3.8, 4) is 0 Å². The highest BCUT2D eigenvalue weighted by molar-refractivity contribution is 5.94. The Labute approximate surface area is 111 Å². The van der Waals surface area contributed by atoms with Crippen LogP contribution < -0.4 is 5.32 Å². The van der Waals surface area contributed by atoms with Gasteiger partial charge in [-0.05, 0) is 19.3 Å². The van der Waals surface area contributed by atoms with Crippen LogP contribution in [0.5, 0.6) is 0 Å². The van der Waals surface area contributed by atoms with Crippen molar-refractivity contribution in [1.82, 2.24) is 10.2 Å². The number of rotatable bonds is 5. The molecule has 0 saturated heterocycles. The van der Waals surface area contributed by atoms with Crippen LogP contribution in [0.25, 0.3) is 0 Å². The number of anilines is 1. The zero-order valence-corrected chi connectivity index (χ0v) is 11.0. The van der Waals surface area contributed by atoms with E-state index in [0.717, 1.165) is 24.8 Å². The molecule has 1 aromatic rings. The number of aliphatic carboxylic acids is 1. The molecule has 0 atom stereocenters. The third kappa shape index (κ3) is 2.77. The molecule has 0 spiro atoms. The van der Waals surface area contributed by atoms with Gasteiger partial charge < -0.3 is 10.4 Å². The number of carboxylic acids is 1. The van der Waals surface area contributed by atoms with E-state index in [9.17, 15) is 14.7 Å². The molecule has 1 fully saturated rings. The first kappa shape index (κ1) is 13.6. The predicted octanol–water partition coefficient (Wildman–Crippen LogP) is 1.95. The van der Waals surface area contributed by atoms with Gasteiger partial charge >= 0.3 is 5.97 Å². The predicted molar refractivity (Wildman–Crippen MR) is 69.7 cm³/mol. The molecule has 3 N–H and O–H groups in total. The molecular weight excluding hydrogens is 246 g/mol. The first-order valence-electron chi connectivity index (χ1n) is 6.63. The Kier molecular flexibility index (Phi) is 3.87. The van der Waals surface area contributed by atoms with Gasteiger partial charge in [0.2, 0.25) is 5.91 Å². The van der Waals surface area contributed by atoms with E-state index >= 15 is 0 Å². The number of H-pyrrole nitrogens is 1. The lowest BCUT2D eigenvalue weighted by Crippen LogP contribution is -2.32. The quantitative estimate of drug-likeness (QED) is 0.758. The molecule has 1 saturated carbocycles. The molecule has 0 aromatic carbocycles. The average molecular weight is 265 g/mol. The van der Waals surface area contributed by atoms with E-state index in [-0.39, 0.29) is 12.3 Å². The molecule has 1 heterocycles. The van der Waals surface area contributed by atoms with Gasteiger partial charge in [-0.1, -0.05) is 19.8 Å². The number of aromatic amines is 1. The van der Waals surface area contributed by atoms with Crippen LogP contribution in [0.15, 0.2) is 6.20 Å². The minimum absolute atomic E-state index is 0.0322. The molecule has 6 nitrogen and oxygen atoms in total. The lowest BCUT2D eigenvalue weighted by molar-refractivity contribution is -0.150. The number of hydrogen-bond donors (Lipinski definition) is 3. The van der Waals surface area contributed by atoms with E-state index in [1.54, 1.807) is 6.20 Å². The van der Waals surface area contributed by atoms with E-state index in [2.05, 4.69) is 15.5 Å². The van der Waals surface area contributed by atoms with Gasteiger partial charge in [0.25, 0.3) is 0 Å². The smallest absolute Gasteiger partial charge is 0.310 e. The fourth-order valence-corrected chi connectivity index (χ4v) is 2.70. The monoisotopic (exact) mass is 265 g/mol. The van der Waals surface area contributed by atoms with Crippen molar-refractivity contribution in [3.05, 3.63) is 11.8 Å². The molecule has 0 radical (unpaired) electrons. The standard InChI is InChI=1S/C13H19N3O3/c1-2-9-8-14-16-11(9)15-10(17)7-13(12(18)19)5-3-4-6-13/h8H,2-7H2,1H3,(H,18,19)(H2,14,15,16,17). The number of aromatic nitrogens is 2. The van der Waals surface area contributed by atoms with Crippen LogP contribution in [0, 0.1) is 5.41 Å². The molecule has 2 rings (SSSR count). The van der Waals surface area contributed by atoms with Gasteiger partial charge in [0.15, 0.2) is 0 Å². The summed E-state index contributed by atoms with van der Waals surface area (Å²) >= 11 is 0. The number of nitrogens with one attached hydrogen (secondary N) is 2. The highest BCUT2D eigenvalue weighted by Gasteiger charge is 2.43. The first-order valence-corrected chi connectivity index (χ1v) is 6.63. The third-order valence-electron chi connectivity index (χ3n) is 3.88. The minimum atomic E-state index is -0.878. The normalized spacial score (nSPS) is 17.3. The van der Waals surface area contributed by atoms with E-state index in [0.29, 0.717) is 18.7 Å². The molecule has 6 heteroatoms.